The molecule has 0 radical (unpaired) electrons. The van der Waals surface area contributed by atoms with E-state index < -0.39 is 5.60 Å². The van der Waals surface area contributed by atoms with Crippen LogP contribution in [0.3, 0.4) is 0 Å². The minimum Gasteiger partial charge on any atom is -0.389 e. The van der Waals surface area contributed by atoms with Gasteiger partial charge in [0.25, 0.3) is 0 Å². The molecule has 2 unspecified atom stereocenters. The summed E-state index contributed by atoms with van der Waals surface area (Å²) in [5, 5.41) is 10.5. The fourth-order valence-electron chi connectivity index (χ4n) is 2.68. The average Bonchev–Trinajstić information content (AvgIpc) is 2.28. The Balaban J connectivity index is 2.06. The Hall–Kier alpha value is -0.930. The molecule has 94 valence electrons. The second-order valence-electron chi connectivity index (χ2n) is 4.99. The number of methoxy groups -OCH3 is 1. The van der Waals surface area contributed by atoms with Crippen molar-refractivity contribution in [1.29, 1.82) is 0 Å². The van der Waals surface area contributed by atoms with Gasteiger partial charge in [0, 0.05) is 20.0 Å². The number of benzene rings is 1. The molecule has 2 rings (SSSR count). The van der Waals surface area contributed by atoms with E-state index in [1.165, 1.54) is 12.1 Å². The van der Waals surface area contributed by atoms with Gasteiger partial charge >= 0.3 is 0 Å². The standard InChI is InChI=1S/C14H19FO2/c1-17-13-6-3-7-14(16,10-13)9-11-4-2-5-12(15)8-11/h2,4-5,8,13,16H,3,6-7,9-10H2,1H3. The zero-order valence-electron chi connectivity index (χ0n) is 10.2. The van der Waals surface area contributed by atoms with Crippen molar-refractivity contribution < 1.29 is 14.2 Å². The first kappa shape index (κ1) is 12.5. The van der Waals surface area contributed by atoms with Crippen LogP contribution in [0.15, 0.2) is 24.3 Å². The average molecular weight is 238 g/mol. The predicted octanol–water partition coefficient (Wildman–Crippen LogP) is 2.69. The summed E-state index contributed by atoms with van der Waals surface area (Å²) in [6.07, 6.45) is 4.00. The van der Waals surface area contributed by atoms with E-state index in [4.69, 9.17) is 4.74 Å². The van der Waals surface area contributed by atoms with E-state index in [2.05, 4.69) is 0 Å². The van der Waals surface area contributed by atoms with Crippen molar-refractivity contribution in [2.24, 2.45) is 0 Å². The summed E-state index contributed by atoms with van der Waals surface area (Å²) in [7, 11) is 1.68. The Morgan fingerprint density at radius 2 is 2.35 bits per heavy atom. The molecule has 3 heteroatoms. The van der Waals surface area contributed by atoms with Gasteiger partial charge in [0.2, 0.25) is 0 Å². The molecule has 1 fully saturated rings. The minimum absolute atomic E-state index is 0.127. The summed E-state index contributed by atoms with van der Waals surface area (Å²) in [5.41, 5.74) is 0.108. The third-order valence-corrected chi connectivity index (χ3v) is 3.53. The molecule has 2 atom stereocenters. The largest absolute Gasteiger partial charge is 0.389 e. The molecular weight excluding hydrogens is 219 g/mol. The molecule has 0 heterocycles. The van der Waals surface area contributed by atoms with Crippen LogP contribution in [0, 0.1) is 5.82 Å². The highest BCUT2D eigenvalue weighted by molar-refractivity contribution is 5.18. The molecule has 1 aliphatic carbocycles. The van der Waals surface area contributed by atoms with Gasteiger partial charge in [-0.15, -0.1) is 0 Å². The lowest BCUT2D eigenvalue weighted by atomic mass is 9.79. The maximum absolute atomic E-state index is 13.1. The molecule has 1 aliphatic rings. The number of ether oxygens (including phenoxy) is 1. The Kier molecular flexibility index (Phi) is 3.79. The normalized spacial score (nSPS) is 29.2. The predicted molar refractivity (Wildman–Crippen MR) is 64.3 cm³/mol. The van der Waals surface area contributed by atoms with Crippen molar-refractivity contribution in [3.63, 3.8) is 0 Å². The first-order valence-electron chi connectivity index (χ1n) is 6.11. The summed E-state index contributed by atoms with van der Waals surface area (Å²) in [6.45, 7) is 0. The van der Waals surface area contributed by atoms with Crippen molar-refractivity contribution in [2.75, 3.05) is 7.11 Å². The van der Waals surface area contributed by atoms with Gasteiger partial charge < -0.3 is 9.84 Å². The van der Waals surface area contributed by atoms with Crippen LogP contribution in [-0.2, 0) is 11.2 Å². The molecule has 0 spiro atoms. The van der Waals surface area contributed by atoms with Gasteiger partial charge in [-0.25, -0.2) is 4.39 Å². The molecule has 0 aliphatic heterocycles. The van der Waals surface area contributed by atoms with Gasteiger partial charge in [0.05, 0.1) is 11.7 Å². The molecule has 0 saturated heterocycles. The van der Waals surface area contributed by atoms with Crippen LogP contribution >= 0.6 is 0 Å². The molecule has 0 amide bonds. The Labute approximate surface area is 101 Å². The van der Waals surface area contributed by atoms with Crippen LogP contribution < -0.4 is 0 Å². The quantitative estimate of drug-likeness (QED) is 0.877. The second-order valence-corrected chi connectivity index (χ2v) is 4.99. The summed E-state index contributed by atoms with van der Waals surface area (Å²) < 4.78 is 18.4. The summed E-state index contributed by atoms with van der Waals surface area (Å²) in [4.78, 5) is 0. The highest BCUT2D eigenvalue weighted by atomic mass is 19.1. The zero-order valence-corrected chi connectivity index (χ0v) is 10.2. The van der Waals surface area contributed by atoms with E-state index in [0.29, 0.717) is 12.8 Å². The van der Waals surface area contributed by atoms with E-state index in [1.807, 2.05) is 6.07 Å². The molecule has 1 saturated carbocycles. The lowest BCUT2D eigenvalue weighted by Crippen LogP contribution is -2.40. The van der Waals surface area contributed by atoms with Gasteiger partial charge in [-0.3, -0.25) is 0 Å². The molecular formula is C14H19FO2. The van der Waals surface area contributed by atoms with E-state index in [9.17, 15) is 9.50 Å². The van der Waals surface area contributed by atoms with Crippen molar-refractivity contribution in [2.45, 2.75) is 43.8 Å². The molecule has 1 aromatic rings. The monoisotopic (exact) mass is 238 g/mol. The zero-order chi connectivity index (χ0) is 12.3. The fraction of sp³-hybridized carbons (Fsp3) is 0.571. The van der Waals surface area contributed by atoms with E-state index >= 15 is 0 Å². The van der Waals surface area contributed by atoms with Gasteiger partial charge in [0.1, 0.15) is 5.82 Å². The first-order valence-corrected chi connectivity index (χ1v) is 6.11. The van der Waals surface area contributed by atoms with Crippen LogP contribution in [0.4, 0.5) is 4.39 Å². The Morgan fingerprint density at radius 1 is 1.53 bits per heavy atom. The van der Waals surface area contributed by atoms with Gasteiger partial charge in [-0.05, 0) is 37.0 Å². The van der Waals surface area contributed by atoms with Crippen molar-refractivity contribution in [3.8, 4) is 0 Å². The molecule has 2 nitrogen and oxygen atoms in total. The number of hydrogen-bond acceptors (Lipinski definition) is 2. The van der Waals surface area contributed by atoms with Gasteiger partial charge in [-0.1, -0.05) is 12.1 Å². The summed E-state index contributed by atoms with van der Waals surface area (Å²) in [6, 6.07) is 6.46. The van der Waals surface area contributed by atoms with Crippen molar-refractivity contribution >= 4 is 0 Å². The smallest absolute Gasteiger partial charge is 0.123 e. The number of rotatable bonds is 3. The Bertz CT molecular complexity index is 380. The highest BCUT2D eigenvalue weighted by Crippen LogP contribution is 2.32. The van der Waals surface area contributed by atoms with Crippen molar-refractivity contribution in [1.82, 2.24) is 0 Å². The lowest BCUT2D eigenvalue weighted by Gasteiger charge is -2.36. The molecule has 17 heavy (non-hydrogen) atoms. The fourth-order valence-corrected chi connectivity index (χ4v) is 2.68. The maximum atomic E-state index is 13.1. The van der Waals surface area contributed by atoms with Crippen LogP contribution in [0.25, 0.3) is 0 Å². The van der Waals surface area contributed by atoms with Crippen LogP contribution in [0.1, 0.15) is 31.2 Å². The third kappa shape index (κ3) is 3.27. The first-order chi connectivity index (χ1) is 8.11. The van der Waals surface area contributed by atoms with Crippen LogP contribution in [0.5, 0.6) is 0 Å². The van der Waals surface area contributed by atoms with Gasteiger partial charge in [0.15, 0.2) is 0 Å². The second kappa shape index (κ2) is 5.15. The molecule has 0 aromatic heterocycles. The summed E-state index contributed by atoms with van der Waals surface area (Å²) >= 11 is 0. The molecule has 1 aromatic carbocycles. The highest BCUT2D eigenvalue weighted by Gasteiger charge is 2.34. The van der Waals surface area contributed by atoms with E-state index in [-0.39, 0.29) is 11.9 Å². The molecule has 1 N–H and O–H groups in total. The maximum Gasteiger partial charge on any atom is 0.123 e. The topological polar surface area (TPSA) is 29.5 Å². The van der Waals surface area contributed by atoms with Crippen molar-refractivity contribution in [3.05, 3.63) is 35.6 Å². The molecule has 0 bridgehead atoms. The lowest BCUT2D eigenvalue weighted by molar-refractivity contribution is -0.0581. The summed E-state index contributed by atoms with van der Waals surface area (Å²) in [5.74, 6) is -0.245. The van der Waals surface area contributed by atoms with Crippen LogP contribution in [-0.4, -0.2) is 23.9 Å². The number of aliphatic hydroxyl groups is 1. The third-order valence-electron chi connectivity index (χ3n) is 3.53. The van der Waals surface area contributed by atoms with Gasteiger partial charge in [-0.2, -0.15) is 0 Å². The van der Waals surface area contributed by atoms with E-state index in [1.54, 1.807) is 13.2 Å². The minimum atomic E-state index is -0.743. The SMILES string of the molecule is COC1CCCC(O)(Cc2cccc(F)c2)C1. The Morgan fingerprint density at radius 3 is 3.06 bits per heavy atom. The van der Waals surface area contributed by atoms with Crippen LogP contribution in [0.2, 0.25) is 0 Å². The number of halogens is 1. The number of hydrogen-bond donors (Lipinski definition) is 1. The van der Waals surface area contributed by atoms with E-state index in [0.717, 1.165) is 24.8 Å².